The monoisotopic (exact) mass is 352 g/mol. The maximum atomic E-state index is 12.5. The van der Waals surface area contributed by atoms with Gasteiger partial charge in [-0.3, -0.25) is 14.5 Å². The quantitative estimate of drug-likeness (QED) is 0.757. The molecule has 0 saturated carbocycles. The zero-order chi connectivity index (χ0) is 17.8. The number of morpholine rings is 1. The second kappa shape index (κ2) is 8.47. The molecule has 25 heavy (non-hydrogen) atoms. The number of amides is 2. The van der Waals surface area contributed by atoms with Gasteiger partial charge in [-0.2, -0.15) is 0 Å². The van der Waals surface area contributed by atoms with Gasteiger partial charge in [-0.1, -0.05) is 0 Å². The second-order valence-electron chi connectivity index (χ2n) is 7.79. The van der Waals surface area contributed by atoms with Crippen LogP contribution in [0.5, 0.6) is 0 Å². The zero-order valence-corrected chi connectivity index (χ0v) is 15.6. The molecule has 7 heteroatoms. The van der Waals surface area contributed by atoms with Crippen molar-refractivity contribution in [2.24, 2.45) is 5.92 Å². The van der Waals surface area contributed by atoms with Crippen LogP contribution in [0.15, 0.2) is 0 Å². The van der Waals surface area contributed by atoms with Gasteiger partial charge in [-0.05, 0) is 32.6 Å². The number of carbonyl (C=O) groups is 2. The van der Waals surface area contributed by atoms with Gasteiger partial charge < -0.3 is 19.9 Å². The highest BCUT2D eigenvalue weighted by atomic mass is 16.5. The van der Waals surface area contributed by atoms with Gasteiger partial charge in [0, 0.05) is 45.8 Å². The first-order valence-corrected chi connectivity index (χ1v) is 9.65. The number of hydrogen-bond donors (Lipinski definition) is 1. The fourth-order valence-electron chi connectivity index (χ4n) is 4.24. The molecule has 7 nitrogen and oxygen atoms in total. The molecule has 0 aromatic carbocycles. The molecule has 142 valence electrons. The van der Waals surface area contributed by atoms with E-state index in [1.165, 1.54) is 0 Å². The van der Waals surface area contributed by atoms with E-state index in [1.807, 2.05) is 4.90 Å². The molecular formula is C18H32N4O3. The Morgan fingerprint density at radius 2 is 1.84 bits per heavy atom. The summed E-state index contributed by atoms with van der Waals surface area (Å²) in [5.41, 5.74) is 0. The highest BCUT2D eigenvalue weighted by Gasteiger charge is 2.29. The molecule has 3 saturated heterocycles. The molecule has 0 radical (unpaired) electrons. The van der Waals surface area contributed by atoms with Crippen LogP contribution in [-0.4, -0.2) is 97.6 Å². The van der Waals surface area contributed by atoms with Crippen LogP contribution in [-0.2, 0) is 14.3 Å². The average molecular weight is 352 g/mol. The lowest BCUT2D eigenvalue weighted by molar-refractivity contribution is -0.142. The molecule has 2 atom stereocenters. The Kier molecular flexibility index (Phi) is 6.30. The summed E-state index contributed by atoms with van der Waals surface area (Å²) in [6.45, 7) is 11.0. The smallest absolute Gasteiger partial charge is 0.242 e. The molecule has 0 spiro atoms. The Labute approximate surface area is 150 Å². The third-order valence-corrected chi connectivity index (χ3v) is 5.49. The Bertz CT molecular complexity index is 469. The van der Waals surface area contributed by atoms with Crippen molar-refractivity contribution in [1.29, 1.82) is 0 Å². The Balaban J connectivity index is 1.40. The molecule has 3 rings (SSSR count). The van der Waals surface area contributed by atoms with Crippen molar-refractivity contribution in [3.63, 3.8) is 0 Å². The van der Waals surface area contributed by atoms with Crippen LogP contribution >= 0.6 is 0 Å². The van der Waals surface area contributed by atoms with Crippen LogP contribution in [0.4, 0.5) is 0 Å². The van der Waals surface area contributed by atoms with E-state index in [1.54, 1.807) is 4.90 Å². The van der Waals surface area contributed by atoms with E-state index in [9.17, 15) is 9.59 Å². The predicted octanol–water partition coefficient (Wildman–Crippen LogP) is -0.234. The molecule has 3 heterocycles. The number of nitrogens with zero attached hydrogens (tertiary/aromatic N) is 3. The molecular weight excluding hydrogens is 320 g/mol. The van der Waals surface area contributed by atoms with Gasteiger partial charge in [0.05, 0.1) is 25.3 Å². The van der Waals surface area contributed by atoms with Gasteiger partial charge in [0.2, 0.25) is 11.8 Å². The number of nitrogens with one attached hydrogen (secondary N) is 1. The lowest BCUT2D eigenvalue weighted by Gasteiger charge is -2.40. The van der Waals surface area contributed by atoms with E-state index in [-0.39, 0.29) is 18.4 Å². The summed E-state index contributed by atoms with van der Waals surface area (Å²) in [4.78, 5) is 30.4. The van der Waals surface area contributed by atoms with Crippen molar-refractivity contribution in [2.45, 2.75) is 38.9 Å². The number of rotatable bonds is 4. The molecule has 3 aliphatic rings. The molecule has 0 bridgehead atoms. The van der Waals surface area contributed by atoms with E-state index in [2.05, 4.69) is 24.1 Å². The highest BCUT2D eigenvalue weighted by molar-refractivity contribution is 5.86. The summed E-state index contributed by atoms with van der Waals surface area (Å²) in [6, 6.07) is 0. The highest BCUT2D eigenvalue weighted by Crippen LogP contribution is 2.21. The summed E-state index contributed by atoms with van der Waals surface area (Å²) < 4.78 is 5.80. The van der Waals surface area contributed by atoms with Gasteiger partial charge in [0.1, 0.15) is 0 Å². The first kappa shape index (κ1) is 18.6. The maximum Gasteiger partial charge on any atom is 0.242 e. The SMILES string of the molecule is C[C@H]1CN(CC2CCN(C(=O)CN3CCNCC3=O)CC2)C[C@H](C)O1. The molecule has 0 aromatic rings. The van der Waals surface area contributed by atoms with E-state index < -0.39 is 0 Å². The van der Waals surface area contributed by atoms with Gasteiger partial charge in [0.25, 0.3) is 0 Å². The Morgan fingerprint density at radius 3 is 2.48 bits per heavy atom. The van der Waals surface area contributed by atoms with Crippen LogP contribution < -0.4 is 5.32 Å². The predicted molar refractivity (Wildman–Crippen MR) is 95.2 cm³/mol. The van der Waals surface area contributed by atoms with Gasteiger partial charge in [0.15, 0.2) is 0 Å². The van der Waals surface area contributed by atoms with Crippen molar-refractivity contribution in [2.75, 3.05) is 58.9 Å². The first-order chi connectivity index (χ1) is 12.0. The fraction of sp³-hybridized carbons (Fsp3) is 0.889. The van der Waals surface area contributed by atoms with Crippen LogP contribution in [0.2, 0.25) is 0 Å². The zero-order valence-electron chi connectivity index (χ0n) is 15.6. The van der Waals surface area contributed by atoms with Crippen LogP contribution in [0, 0.1) is 5.92 Å². The standard InChI is InChI=1S/C18H32N4O3/c1-14-10-20(11-15(2)25-14)12-16-3-6-21(7-4-16)18(24)13-22-8-5-19-9-17(22)23/h14-16,19H,3-13H2,1-2H3/t14-,15-/m0/s1. The molecule has 3 fully saturated rings. The topological polar surface area (TPSA) is 65.1 Å². The number of ether oxygens (including phenoxy) is 1. The number of hydrogen-bond acceptors (Lipinski definition) is 5. The summed E-state index contributed by atoms with van der Waals surface area (Å²) in [5.74, 6) is 0.787. The largest absolute Gasteiger partial charge is 0.373 e. The van der Waals surface area contributed by atoms with Crippen LogP contribution in [0.1, 0.15) is 26.7 Å². The number of piperazine rings is 1. The van der Waals surface area contributed by atoms with Gasteiger partial charge >= 0.3 is 0 Å². The summed E-state index contributed by atoms with van der Waals surface area (Å²) >= 11 is 0. The first-order valence-electron chi connectivity index (χ1n) is 9.65. The minimum Gasteiger partial charge on any atom is -0.373 e. The Morgan fingerprint density at radius 1 is 1.16 bits per heavy atom. The minimum absolute atomic E-state index is 0.0324. The van der Waals surface area contributed by atoms with E-state index >= 15 is 0 Å². The van der Waals surface area contributed by atoms with Crippen LogP contribution in [0.3, 0.4) is 0 Å². The number of carbonyl (C=O) groups excluding carboxylic acids is 2. The van der Waals surface area contributed by atoms with Gasteiger partial charge in [-0.25, -0.2) is 0 Å². The Hall–Kier alpha value is -1.18. The molecule has 0 unspecified atom stereocenters. The van der Waals surface area contributed by atoms with E-state index in [0.717, 1.165) is 52.1 Å². The maximum absolute atomic E-state index is 12.5. The summed E-state index contributed by atoms with van der Waals surface area (Å²) in [7, 11) is 0. The van der Waals surface area contributed by atoms with Crippen molar-refractivity contribution in [3.8, 4) is 0 Å². The van der Waals surface area contributed by atoms with Crippen LogP contribution in [0.25, 0.3) is 0 Å². The lowest BCUT2D eigenvalue weighted by atomic mass is 9.95. The molecule has 0 aliphatic carbocycles. The number of piperidine rings is 1. The van der Waals surface area contributed by atoms with E-state index in [4.69, 9.17) is 4.74 Å². The average Bonchev–Trinajstić information content (AvgIpc) is 2.56. The molecule has 0 aromatic heterocycles. The van der Waals surface area contributed by atoms with Gasteiger partial charge in [-0.15, -0.1) is 0 Å². The molecule has 1 N–H and O–H groups in total. The van der Waals surface area contributed by atoms with Crippen molar-refractivity contribution in [3.05, 3.63) is 0 Å². The van der Waals surface area contributed by atoms with Crippen molar-refractivity contribution >= 4 is 11.8 Å². The van der Waals surface area contributed by atoms with Crippen molar-refractivity contribution < 1.29 is 14.3 Å². The fourth-order valence-corrected chi connectivity index (χ4v) is 4.24. The molecule has 3 aliphatic heterocycles. The minimum atomic E-state index is 0.0324. The number of likely N-dealkylation sites (tertiary alicyclic amines) is 1. The normalized spacial score (nSPS) is 29.9. The van der Waals surface area contributed by atoms with Crippen molar-refractivity contribution in [1.82, 2.24) is 20.0 Å². The lowest BCUT2D eigenvalue weighted by Crippen LogP contribution is -2.53. The summed E-state index contributed by atoms with van der Waals surface area (Å²) in [6.07, 6.45) is 2.73. The molecule has 2 amide bonds. The third kappa shape index (κ3) is 5.15. The third-order valence-electron chi connectivity index (χ3n) is 5.49. The summed E-state index contributed by atoms with van der Waals surface area (Å²) in [5, 5.41) is 3.04. The van der Waals surface area contributed by atoms with E-state index in [0.29, 0.717) is 31.2 Å². The second-order valence-corrected chi connectivity index (χ2v) is 7.79.